The fourth-order valence-corrected chi connectivity index (χ4v) is 3.86. The van der Waals surface area contributed by atoms with Crippen molar-refractivity contribution in [3.63, 3.8) is 0 Å². The second-order valence-corrected chi connectivity index (χ2v) is 7.67. The molecule has 4 rings (SSSR count). The van der Waals surface area contributed by atoms with Gasteiger partial charge in [0.15, 0.2) is 12.4 Å². The number of benzene rings is 2. The van der Waals surface area contributed by atoms with Crippen LogP contribution in [0.15, 0.2) is 64.5 Å². The summed E-state index contributed by atoms with van der Waals surface area (Å²) in [5.41, 5.74) is 2.98. The molecule has 0 unspecified atom stereocenters. The van der Waals surface area contributed by atoms with Crippen LogP contribution in [0, 0.1) is 0 Å². The summed E-state index contributed by atoms with van der Waals surface area (Å²) in [6.07, 6.45) is 0.0740. The number of methoxy groups -OCH3 is 1. The summed E-state index contributed by atoms with van der Waals surface area (Å²) in [5.74, 6) is 0.740. The number of carbonyl (C=O) groups is 1. The number of ether oxygens (including phenoxy) is 2. The Morgan fingerprint density at radius 3 is 2.87 bits per heavy atom. The van der Waals surface area contributed by atoms with E-state index in [1.165, 1.54) is 11.3 Å². The summed E-state index contributed by atoms with van der Waals surface area (Å²) >= 11 is 7.48. The van der Waals surface area contributed by atoms with Crippen molar-refractivity contribution in [2.24, 2.45) is 0 Å². The van der Waals surface area contributed by atoms with Crippen molar-refractivity contribution in [2.45, 2.75) is 13.0 Å². The zero-order valence-corrected chi connectivity index (χ0v) is 17.6. The summed E-state index contributed by atoms with van der Waals surface area (Å²) in [7, 11) is 1.60. The number of esters is 1. The molecule has 2 heterocycles. The Bertz CT molecular complexity index is 1170. The number of thiazole rings is 1. The van der Waals surface area contributed by atoms with Gasteiger partial charge in [0.25, 0.3) is 0 Å². The zero-order valence-electron chi connectivity index (χ0n) is 16.0. The minimum absolute atomic E-state index is 0.00767. The normalized spacial score (nSPS) is 10.7. The van der Waals surface area contributed by atoms with E-state index < -0.39 is 5.97 Å². The topological polar surface area (TPSA) is 74.5 Å². The SMILES string of the molecule is COc1ccccc1-c1cc(COC(=O)Cc2csc(-c3cccc(Cl)c3)n2)on1. The van der Waals surface area contributed by atoms with Gasteiger partial charge in [-0.1, -0.05) is 41.0 Å². The number of hydrogen-bond acceptors (Lipinski definition) is 7. The van der Waals surface area contributed by atoms with Gasteiger partial charge in [-0.25, -0.2) is 4.98 Å². The van der Waals surface area contributed by atoms with Crippen LogP contribution in [-0.4, -0.2) is 23.2 Å². The molecule has 0 fully saturated rings. The predicted molar refractivity (Wildman–Crippen MR) is 115 cm³/mol. The molecule has 2 aromatic carbocycles. The molecule has 0 bridgehead atoms. The lowest BCUT2D eigenvalue weighted by Crippen LogP contribution is -2.08. The largest absolute Gasteiger partial charge is 0.496 e. The van der Waals surface area contributed by atoms with Crippen LogP contribution in [-0.2, 0) is 22.6 Å². The Balaban J connectivity index is 1.35. The van der Waals surface area contributed by atoms with Crippen molar-refractivity contribution < 1.29 is 18.8 Å². The third-order valence-corrected chi connectivity index (χ3v) is 5.44. The molecule has 152 valence electrons. The molecule has 0 atom stereocenters. The predicted octanol–water partition coefficient (Wildman–Crippen LogP) is 5.41. The molecule has 8 heteroatoms. The second kappa shape index (κ2) is 9.11. The van der Waals surface area contributed by atoms with E-state index in [9.17, 15) is 4.79 Å². The van der Waals surface area contributed by atoms with Gasteiger partial charge in [-0.2, -0.15) is 0 Å². The molecule has 2 aromatic heterocycles. The van der Waals surface area contributed by atoms with Gasteiger partial charge in [-0.05, 0) is 24.3 Å². The molecular formula is C22H17ClN2O4S. The van der Waals surface area contributed by atoms with E-state index in [0.29, 0.717) is 27.9 Å². The van der Waals surface area contributed by atoms with Gasteiger partial charge < -0.3 is 14.0 Å². The van der Waals surface area contributed by atoms with Gasteiger partial charge in [-0.3, -0.25) is 4.79 Å². The minimum atomic E-state index is -0.395. The van der Waals surface area contributed by atoms with Crippen molar-refractivity contribution in [2.75, 3.05) is 7.11 Å². The van der Waals surface area contributed by atoms with E-state index in [0.717, 1.165) is 16.1 Å². The first-order valence-electron chi connectivity index (χ1n) is 9.07. The van der Waals surface area contributed by atoms with E-state index in [1.54, 1.807) is 19.2 Å². The lowest BCUT2D eigenvalue weighted by Gasteiger charge is -2.03. The maximum absolute atomic E-state index is 12.2. The average molecular weight is 441 g/mol. The van der Waals surface area contributed by atoms with Crippen molar-refractivity contribution in [3.05, 3.63) is 76.5 Å². The standard InChI is InChI=1S/C22H17ClN2O4S/c1-27-20-8-3-2-7-18(20)19-11-17(29-25-19)12-28-21(26)10-16-13-30-22(24-16)14-5-4-6-15(23)9-14/h2-9,11,13H,10,12H2,1H3. The molecule has 0 saturated carbocycles. The minimum Gasteiger partial charge on any atom is -0.496 e. The van der Waals surface area contributed by atoms with Crippen LogP contribution >= 0.6 is 22.9 Å². The molecule has 4 aromatic rings. The van der Waals surface area contributed by atoms with Crippen molar-refractivity contribution in [3.8, 4) is 27.6 Å². The quantitative estimate of drug-likeness (QED) is 0.357. The zero-order chi connectivity index (χ0) is 20.9. The van der Waals surface area contributed by atoms with Crippen LogP contribution in [0.3, 0.4) is 0 Å². The number of halogens is 1. The number of para-hydroxylation sites is 1. The van der Waals surface area contributed by atoms with E-state index in [4.69, 9.17) is 25.6 Å². The smallest absolute Gasteiger partial charge is 0.312 e. The second-order valence-electron chi connectivity index (χ2n) is 6.37. The lowest BCUT2D eigenvalue weighted by molar-refractivity contribution is -0.144. The number of carbonyl (C=O) groups excluding carboxylic acids is 1. The van der Waals surface area contributed by atoms with Crippen LogP contribution < -0.4 is 4.74 Å². The van der Waals surface area contributed by atoms with Crippen molar-refractivity contribution >= 4 is 28.9 Å². The summed E-state index contributed by atoms with van der Waals surface area (Å²) in [4.78, 5) is 16.7. The van der Waals surface area contributed by atoms with E-state index in [2.05, 4.69) is 10.1 Å². The van der Waals surface area contributed by atoms with Gasteiger partial charge in [0.1, 0.15) is 16.5 Å². The first-order valence-corrected chi connectivity index (χ1v) is 10.3. The summed E-state index contributed by atoms with van der Waals surface area (Å²) in [6.45, 7) is -0.00767. The number of aromatic nitrogens is 2. The number of hydrogen-bond donors (Lipinski definition) is 0. The Morgan fingerprint density at radius 1 is 1.17 bits per heavy atom. The maximum Gasteiger partial charge on any atom is 0.312 e. The van der Waals surface area contributed by atoms with Gasteiger partial charge in [-0.15, -0.1) is 11.3 Å². The molecule has 0 aliphatic carbocycles. The molecule has 0 radical (unpaired) electrons. The number of rotatable bonds is 7. The Hall–Kier alpha value is -3.16. The Labute approximate surface area is 182 Å². The highest BCUT2D eigenvalue weighted by Gasteiger charge is 2.14. The first kappa shape index (κ1) is 20.1. The monoisotopic (exact) mass is 440 g/mol. The van der Waals surface area contributed by atoms with Crippen molar-refractivity contribution in [1.29, 1.82) is 0 Å². The molecule has 30 heavy (non-hydrogen) atoms. The molecule has 0 saturated heterocycles. The van der Waals surface area contributed by atoms with E-state index in [1.807, 2.05) is 47.8 Å². The average Bonchev–Trinajstić information content (AvgIpc) is 3.42. The van der Waals surface area contributed by atoms with E-state index in [-0.39, 0.29) is 13.0 Å². The molecule has 0 N–H and O–H groups in total. The fraction of sp³-hybridized carbons (Fsp3) is 0.136. The molecule has 6 nitrogen and oxygen atoms in total. The summed E-state index contributed by atoms with van der Waals surface area (Å²) in [6, 6.07) is 16.6. The van der Waals surface area contributed by atoms with Gasteiger partial charge >= 0.3 is 5.97 Å². The third kappa shape index (κ3) is 4.69. The highest BCUT2D eigenvalue weighted by Crippen LogP contribution is 2.29. The highest BCUT2D eigenvalue weighted by molar-refractivity contribution is 7.13. The van der Waals surface area contributed by atoms with Gasteiger partial charge in [0.2, 0.25) is 0 Å². The number of nitrogens with zero attached hydrogens (tertiary/aromatic N) is 2. The van der Waals surface area contributed by atoms with Crippen molar-refractivity contribution in [1.82, 2.24) is 10.1 Å². The van der Waals surface area contributed by atoms with Crippen LogP contribution in [0.2, 0.25) is 5.02 Å². The van der Waals surface area contributed by atoms with Crippen LogP contribution in [0.5, 0.6) is 5.75 Å². The maximum atomic E-state index is 12.2. The molecular weight excluding hydrogens is 424 g/mol. The third-order valence-electron chi connectivity index (χ3n) is 4.27. The first-order chi connectivity index (χ1) is 14.6. The Morgan fingerprint density at radius 2 is 2.03 bits per heavy atom. The summed E-state index contributed by atoms with van der Waals surface area (Å²) in [5, 5.41) is 7.32. The van der Waals surface area contributed by atoms with Crippen LogP contribution in [0.25, 0.3) is 21.8 Å². The van der Waals surface area contributed by atoms with Crippen LogP contribution in [0.4, 0.5) is 0 Å². The molecule has 0 aliphatic heterocycles. The highest BCUT2D eigenvalue weighted by atomic mass is 35.5. The molecule has 0 aliphatic rings. The lowest BCUT2D eigenvalue weighted by atomic mass is 10.1. The summed E-state index contributed by atoms with van der Waals surface area (Å²) < 4.78 is 15.9. The molecule has 0 amide bonds. The Kier molecular flexibility index (Phi) is 6.11. The molecule has 0 spiro atoms. The van der Waals surface area contributed by atoms with Gasteiger partial charge in [0.05, 0.1) is 19.2 Å². The van der Waals surface area contributed by atoms with Gasteiger partial charge in [0, 0.05) is 27.6 Å². The van der Waals surface area contributed by atoms with E-state index >= 15 is 0 Å². The van der Waals surface area contributed by atoms with Crippen LogP contribution in [0.1, 0.15) is 11.5 Å². The fourth-order valence-electron chi connectivity index (χ4n) is 2.86.